The SMILES string of the molecule is Cn1nc(-c2ccncc2)cc1NC(=O)C(Cc1ccc(F)cc1)NC(=O)OC(C)(C)C. The van der Waals surface area contributed by atoms with Gasteiger partial charge in [0.2, 0.25) is 5.91 Å². The standard InChI is InChI=1S/C23H26FN5O3/c1-23(2,3)32-22(31)26-19(13-15-5-7-17(24)8-6-15)21(30)27-20-14-18(28-29(20)4)16-9-11-25-12-10-16/h5-12,14,19H,13H2,1-4H3,(H,26,31)(H,27,30). The molecule has 0 aliphatic carbocycles. The molecule has 2 aromatic heterocycles. The van der Waals surface area contributed by atoms with Crippen LogP contribution in [0, 0.1) is 5.82 Å². The third-order valence-electron chi connectivity index (χ3n) is 4.47. The minimum atomic E-state index is -0.949. The van der Waals surface area contributed by atoms with Crippen LogP contribution in [0.25, 0.3) is 11.3 Å². The fraction of sp³-hybridized carbons (Fsp3) is 0.304. The Kier molecular flexibility index (Phi) is 6.87. The van der Waals surface area contributed by atoms with E-state index in [2.05, 4.69) is 20.7 Å². The van der Waals surface area contributed by atoms with Gasteiger partial charge in [0.25, 0.3) is 0 Å². The zero-order chi connectivity index (χ0) is 23.3. The summed E-state index contributed by atoms with van der Waals surface area (Å²) >= 11 is 0. The Morgan fingerprint density at radius 1 is 1.12 bits per heavy atom. The highest BCUT2D eigenvalue weighted by atomic mass is 19.1. The van der Waals surface area contributed by atoms with Crippen LogP contribution < -0.4 is 10.6 Å². The molecule has 3 rings (SSSR count). The summed E-state index contributed by atoms with van der Waals surface area (Å²) in [6.07, 6.45) is 2.75. The molecule has 0 aliphatic rings. The summed E-state index contributed by atoms with van der Waals surface area (Å²) in [5.74, 6) is -0.380. The molecule has 0 saturated carbocycles. The first-order chi connectivity index (χ1) is 15.1. The molecule has 0 fully saturated rings. The van der Waals surface area contributed by atoms with E-state index in [0.717, 1.165) is 5.56 Å². The number of benzene rings is 1. The predicted octanol–water partition coefficient (Wildman–Crippen LogP) is 3.70. The van der Waals surface area contributed by atoms with Gasteiger partial charge in [-0.1, -0.05) is 12.1 Å². The Bertz CT molecular complexity index is 1080. The summed E-state index contributed by atoms with van der Waals surface area (Å²) in [5, 5.41) is 9.83. The number of aromatic nitrogens is 3. The van der Waals surface area contributed by atoms with E-state index in [4.69, 9.17) is 4.74 Å². The molecule has 1 atom stereocenters. The molecule has 0 radical (unpaired) electrons. The van der Waals surface area contributed by atoms with Crippen molar-refractivity contribution in [3.63, 3.8) is 0 Å². The van der Waals surface area contributed by atoms with Gasteiger partial charge >= 0.3 is 6.09 Å². The number of hydrogen-bond donors (Lipinski definition) is 2. The third kappa shape index (κ3) is 6.37. The fourth-order valence-electron chi connectivity index (χ4n) is 2.98. The minimum absolute atomic E-state index is 0.153. The number of nitrogens with zero attached hydrogens (tertiary/aromatic N) is 3. The van der Waals surface area contributed by atoms with E-state index in [-0.39, 0.29) is 12.2 Å². The van der Waals surface area contributed by atoms with E-state index in [1.807, 2.05) is 12.1 Å². The molecule has 0 aliphatic heterocycles. The molecular formula is C23H26FN5O3. The molecule has 0 bridgehead atoms. The minimum Gasteiger partial charge on any atom is -0.444 e. The number of carbonyl (C=O) groups excluding carboxylic acids is 2. The molecule has 1 aromatic carbocycles. The number of carbonyl (C=O) groups is 2. The van der Waals surface area contributed by atoms with Crippen molar-refractivity contribution in [2.75, 3.05) is 5.32 Å². The normalized spacial score (nSPS) is 12.2. The smallest absolute Gasteiger partial charge is 0.408 e. The van der Waals surface area contributed by atoms with Gasteiger partial charge in [0.1, 0.15) is 23.3 Å². The lowest BCUT2D eigenvalue weighted by atomic mass is 10.1. The molecule has 9 heteroatoms. The summed E-state index contributed by atoms with van der Waals surface area (Å²) in [4.78, 5) is 29.4. The van der Waals surface area contributed by atoms with Crippen molar-refractivity contribution >= 4 is 17.8 Å². The van der Waals surface area contributed by atoms with Crippen molar-refractivity contribution < 1.29 is 18.7 Å². The first-order valence-electron chi connectivity index (χ1n) is 10.1. The molecule has 32 heavy (non-hydrogen) atoms. The van der Waals surface area contributed by atoms with E-state index in [1.54, 1.807) is 58.4 Å². The van der Waals surface area contributed by atoms with E-state index in [1.165, 1.54) is 16.8 Å². The zero-order valence-corrected chi connectivity index (χ0v) is 18.4. The number of halogens is 1. The highest BCUT2D eigenvalue weighted by Gasteiger charge is 2.25. The van der Waals surface area contributed by atoms with E-state index >= 15 is 0 Å². The van der Waals surface area contributed by atoms with Gasteiger partial charge in [-0.05, 0) is 50.6 Å². The largest absolute Gasteiger partial charge is 0.444 e. The lowest BCUT2D eigenvalue weighted by Gasteiger charge is -2.23. The number of ether oxygens (including phenoxy) is 1. The van der Waals surface area contributed by atoms with Crippen LogP contribution in [0.2, 0.25) is 0 Å². The Labute approximate surface area is 185 Å². The van der Waals surface area contributed by atoms with Crippen molar-refractivity contribution in [1.82, 2.24) is 20.1 Å². The van der Waals surface area contributed by atoms with E-state index in [9.17, 15) is 14.0 Å². The molecule has 3 aromatic rings. The summed E-state index contributed by atoms with van der Waals surface area (Å²) in [7, 11) is 1.70. The van der Waals surface area contributed by atoms with E-state index in [0.29, 0.717) is 17.1 Å². The molecule has 168 valence electrons. The van der Waals surface area contributed by atoms with Crippen LogP contribution in [0.5, 0.6) is 0 Å². The summed E-state index contributed by atoms with van der Waals surface area (Å²) in [6, 6.07) is 10.2. The van der Waals surface area contributed by atoms with E-state index < -0.39 is 23.6 Å². The number of hydrogen-bond acceptors (Lipinski definition) is 5. The maximum absolute atomic E-state index is 13.3. The molecule has 2 amide bonds. The van der Waals surface area contributed by atoms with Crippen LogP contribution in [0.1, 0.15) is 26.3 Å². The predicted molar refractivity (Wildman–Crippen MR) is 118 cm³/mol. The summed E-state index contributed by atoms with van der Waals surface area (Å²) < 4.78 is 20.1. The number of anilines is 1. The van der Waals surface area contributed by atoms with Crippen LogP contribution >= 0.6 is 0 Å². The maximum Gasteiger partial charge on any atom is 0.408 e. The van der Waals surface area contributed by atoms with Crippen LogP contribution in [0.4, 0.5) is 15.0 Å². The quantitative estimate of drug-likeness (QED) is 0.610. The first kappa shape index (κ1) is 22.9. The van der Waals surface area contributed by atoms with Gasteiger partial charge in [-0.3, -0.25) is 14.5 Å². The van der Waals surface area contributed by atoms with Gasteiger partial charge in [-0.25, -0.2) is 9.18 Å². The average Bonchev–Trinajstić information content (AvgIpc) is 3.08. The fourth-order valence-corrected chi connectivity index (χ4v) is 2.98. The van der Waals surface area contributed by atoms with Gasteiger partial charge in [-0.15, -0.1) is 0 Å². The van der Waals surface area contributed by atoms with Crippen molar-refractivity contribution in [2.45, 2.75) is 38.8 Å². The number of pyridine rings is 1. The Morgan fingerprint density at radius 2 is 1.78 bits per heavy atom. The number of alkyl carbamates (subject to hydrolysis) is 1. The van der Waals surface area contributed by atoms with Crippen molar-refractivity contribution in [3.8, 4) is 11.3 Å². The summed E-state index contributed by atoms with van der Waals surface area (Å²) in [5.41, 5.74) is 1.49. The lowest BCUT2D eigenvalue weighted by molar-refractivity contribution is -0.118. The number of nitrogens with one attached hydrogen (secondary N) is 2. The van der Waals surface area contributed by atoms with Crippen molar-refractivity contribution in [3.05, 3.63) is 66.2 Å². The van der Waals surface area contributed by atoms with Gasteiger partial charge in [0, 0.05) is 37.5 Å². The second-order valence-corrected chi connectivity index (χ2v) is 8.29. The highest BCUT2D eigenvalue weighted by molar-refractivity contribution is 5.96. The van der Waals surface area contributed by atoms with Gasteiger partial charge in [0.05, 0.1) is 5.69 Å². The lowest BCUT2D eigenvalue weighted by Crippen LogP contribution is -2.47. The van der Waals surface area contributed by atoms with Crippen LogP contribution in [-0.4, -0.2) is 38.4 Å². The molecule has 1 unspecified atom stereocenters. The molecular weight excluding hydrogens is 413 g/mol. The topological polar surface area (TPSA) is 98.1 Å². The molecule has 0 saturated heterocycles. The maximum atomic E-state index is 13.3. The van der Waals surface area contributed by atoms with Crippen molar-refractivity contribution in [1.29, 1.82) is 0 Å². The number of rotatable bonds is 6. The van der Waals surface area contributed by atoms with Crippen molar-refractivity contribution in [2.24, 2.45) is 7.05 Å². The van der Waals surface area contributed by atoms with Gasteiger partial charge in [-0.2, -0.15) is 5.10 Å². The molecule has 2 heterocycles. The van der Waals surface area contributed by atoms with Crippen LogP contribution in [0.15, 0.2) is 54.9 Å². The monoisotopic (exact) mass is 439 g/mol. The summed E-state index contributed by atoms with van der Waals surface area (Å²) in [6.45, 7) is 5.20. The third-order valence-corrected chi connectivity index (χ3v) is 4.47. The second-order valence-electron chi connectivity index (χ2n) is 8.29. The Hall–Kier alpha value is -3.75. The zero-order valence-electron chi connectivity index (χ0n) is 18.4. The number of amides is 2. The van der Waals surface area contributed by atoms with Crippen LogP contribution in [-0.2, 0) is 23.0 Å². The van der Waals surface area contributed by atoms with Gasteiger partial charge in [0.15, 0.2) is 0 Å². The Balaban J connectivity index is 1.79. The highest BCUT2D eigenvalue weighted by Crippen LogP contribution is 2.21. The van der Waals surface area contributed by atoms with Crippen LogP contribution in [0.3, 0.4) is 0 Å². The molecule has 2 N–H and O–H groups in total. The Morgan fingerprint density at radius 3 is 2.41 bits per heavy atom. The molecule has 0 spiro atoms. The number of aryl methyl sites for hydroxylation is 1. The van der Waals surface area contributed by atoms with Gasteiger partial charge < -0.3 is 15.4 Å². The average molecular weight is 439 g/mol. The first-order valence-corrected chi connectivity index (χ1v) is 10.1. The second kappa shape index (κ2) is 9.59. The molecule has 8 nitrogen and oxygen atoms in total.